The van der Waals surface area contributed by atoms with E-state index in [1.54, 1.807) is 18.2 Å². The van der Waals surface area contributed by atoms with Gasteiger partial charge in [0.2, 0.25) is 47.3 Å². The zero-order valence-corrected chi connectivity index (χ0v) is 62.4. The normalized spacial score (nSPS) is 12.7. The van der Waals surface area contributed by atoms with Gasteiger partial charge < -0.3 is 140 Å². The number of aromatic carboxylic acids is 1. The lowest BCUT2D eigenvalue weighted by atomic mass is 9.90. The minimum absolute atomic E-state index is 0.00391. The van der Waals surface area contributed by atoms with E-state index in [2.05, 4.69) is 85.1 Å². The fourth-order valence-corrected chi connectivity index (χ4v) is 11.4. The first-order chi connectivity index (χ1) is 53.1. The van der Waals surface area contributed by atoms with Gasteiger partial charge >= 0.3 is 5.97 Å². The Bertz CT molecular complexity index is 4050. The summed E-state index contributed by atoms with van der Waals surface area (Å²) in [4.78, 5) is 139. The van der Waals surface area contributed by atoms with Gasteiger partial charge in [0.15, 0.2) is 52.3 Å². The molecular formula is C67H105N31O13S. The molecule has 0 radical (unpaired) electrons. The number of hydrogen-bond donors (Lipinski definition) is 33. The second-order valence-corrected chi connectivity index (χ2v) is 26.0. The van der Waals surface area contributed by atoms with Crippen LogP contribution in [0.2, 0.25) is 0 Å². The number of amides is 8. The second-order valence-electron chi connectivity index (χ2n) is 25.6. The number of anilines is 1. The van der Waals surface area contributed by atoms with E-state index in [9.17, 15) is 58.2 Å². The van der Waals surface area contributed by atoms with Crippen LogP contribution in [0.4, 0.5) is 5.69 Å². The van der Waals surface area contributed by atoms with Gasteiger partial charge in [-0.2, -0.15) is 0 Å². The number of fused-ring (bicyclic) bond motifs is 2. The quantitative estimate of drug-likeness (QED) is 0.00646. The Morgan fingerprint density at radius 1 is 0.420 bits per heavy atom. The molecule has 41 N–H and O–H groups in total. The van der Waals surface area contributed by atoms with Crippen molar-refractivity contribution in [2.24, 2.45) is 45.9 Å². The summed E-state index contributed by atoms with van der Waals surface area (Å²) in [6.45, 7) is 0.394. The number of carboxylic acids is 1. The molecule has 0 fully saturated rings. The smallest absolute Gasteiger partial charge is 0.336 e. The number of carbonyl (C=O) groups excluding carboxylic acids is 8. The van der Waals surface area contributed by atoms with E-state index in [-0.39, 0.29) is 205 Å². The number of carboxylic acid groups (broad SMARTS) is 1. The Hall–Kier alpha value is -13.1. The predicted molar refractivity (Wildman–Crippen MR) is 423 cm³/mol. The zero-order valence-electron chi connectivity index (χ0n) is 61.6. The predicted octanol–water partition coefficient (Wildman–Crippen LogP) is -5.24. The average Bonchev–Trinajstić information content (AvgIpc) is 0.748. The molecule has 4 rings (SSSR count). The van der Waals surface area contributed by atoms with Crippen LogP contribution in [-0.4, -0.2) is 205 Å². The minimum atomic E-state index is -1.56. The van der Waals surface area contributed by atoms with Crippen LogP contribution in [0, 0.1) is 37.9 Å². The largest absolute Gasteiger partial charge is 0.508 e. The van der Waals surface area contributed by atoms with E-state index >= 15 is 0 Å². The summed E-state index contributed by atoms with van der Waals surface area (Å²) in [5.74, 6) is -11.3. The van der Waals surface area contributed by atoms with Gasteiger partial charge in [-0.05, 0) is 150 Å². The highest BCUT2D eigenvalue weighted by atomic mass is 32.1. The first-order valence-corrected chi connectivity index (χ1v) is 36.1. The van der Waals surface area contributed by atoms with Crippen molar-refractivity contribution in [2.45, 2.75) is 145 Å². The van der Waals surface area contributed by atoms with E-state index in [1.165, 1.54) is 36.4 Å². The standard InChI is InChI=1S/C67H105N31O13S/c68-41(9-1-23-83-60(69)70)52(102)92-42(10-2-24-84-61(71)72)53(103)93-43(11-3-25-85-62(73)74)54(104)94-44(12-4-26-86-63(75)76)55(105)95-45(13-5-27-87-64(77)78)56(106)96-46(14-6-28-88-65(79)80)57(107)97-47(15-7-29-89-66(81)82)58(108)98-50(101)16-8-30-90-67(112)91-34-17-20-37(40(31-34)59(109)110)51-38-21-18-35(99)32-48(38)111-49-33-36(100)19-22-39(49)51/h17-22,31-33,41-47,99H,1-16,23-30,68H2,(H,92,102)(H,93,103)(H,94,104)(H,95,105)(H,96,106)(H,97,107)(H,109,110)(H4,69,70,83)(H4,71,72,84)(H4,73,74,85)(H4,75,76,86)(H4,77,78,87)(H4,79,80,88)(H4,81,82,89)(H2,90,91,112)(H,98,101,108)/t41-,42-,43-,44-,45-,46-,47-/m0/s1. The highest BCUT2D eigenvalue weighted by Crippen LogP contribution is 2.42. The number of hydrogen-bond acceptors (Lipinski definition) is 21. The van der Waals surface area contributed by atoms with Crippen LogP contribution >= 0.6 is 12.2 Å². The van der Waals surface area contributed by atoms with Crippen molar-refractivity contribution in [3.63, 3.8) is 0 Å². The SMILES string of the molecule is N=C(N)NCCC[C@H](NC(=O)[C@H](CCCNC(=N)N)NC(=O)[C@H](CCCNC(=N)N)NC(=O)[C@H](CCCNC(=N)N)NC(=O)[C@H](CCCNC(=N)N)NC(=O)[C@H](CCCNC(=N)N)NC(=O)[C@@H](N)CCCNC(=N)N)C(=O)NC(=O)CCCNC(=S)Nc1ccc(-c2c3ccc(=O)cc-3oc3cc(O)ccc23)c(C(=O)O)c1. The van der Waals surface area contributed by atoms with Crippen LogP contribution in [0.1, 0.15) is 113 Å². The number of nitrogens with two attached hydrogens (primary N) is 8. The molecule has 2 aromatic carbocycles. The van der Waals surface area contributed by atoms with Crippen LogP contribution in [0.25, 0.3) is 33.4 Å². The van der Waals surface area contributed by atoms with Gasteiger partial charge in [-0.1, -0.05) is 6.07 Å². The summed E-state index contributed by atoms with van der Waals surface area (Å²) < 4.78 is 5.92. The van der Waals surface area contributed by atoms with Gasteiger partial charge in [0.1, 0.15) is 53.3 Å². The van der Waals surface area contributed by atoms with Crippen molar-refractivity contribution in [1.82, 2.24) is 79.8 Å². The van der Waals surface area contributed by atoms with Gasteiger partial charge in [0.05, 0.1) is 11.6 Å². The lowest BCUT2D eigenvalue weighted by Crippen LogP contribution is -2.60. The molecule has 7 atom stereocenters. The molecule has 112 heavy (non-hydrogen) atoms. The van der Waals surface area contributed by atoms with Crippen LogP contribution in [0.15, 0.2) is 63.8 Å². The summed E-state index contributed by atoms with van der Waals surface area (Å²) in [6.07, 6.45) is -0.400. The molecule has 2 aromatic rings. The van der Waals surface area contributed by atoms with Gasteiger partial charge in [-0.15, -0.1) is 0 Å². The van der Waals surface area contributed by atoms with E-state index in [0.717, 1.165) is 0 Å². The molecule has 2 aliphatic rings. The highest BCUT2D eigenvalue weighted by molar-refractivity contribution is 7.80. The molecule has 45 heteroatoms. The van der Waals surface area contributed by atoms with Crippen molar-refractivity contribution in [1.29, 1.82) is 37.9 Å². The number of aromatic hydroxyl groups is 1. The number of imide groups is 1. The first-order valence-electron chi connectivity index (χ1n) is 35.7. The molecule has 1 aliphatic heterocycles. The Morgan fingerprint density at radius 3 is 1.14 bits per heavy atom. The van der Waals surface area contributed by atoms with Crippen LogP contribution in [0.5, 0.6) is 5.75 Å². The zero-order chi connectivity index (χ0) is 83.0. The molecule has 0 saturated heterocycles. The van der Waals surface area contributed by atoms with Crippen molar-refractivity contribution in [2.75, 3.05) is 57.7 Å². The monoisotopic (exact) mass is 1580 g/mol. The molecule has 1 aliphatic carbocycles. The molecule has 612 valence electrons. The summed E-state index contributed by atoms with van der Waals surface area (Å²) in [6, 6.07) is 2.76. The van der Waals surface area contributed by atoms with Gasteiger partial charge in [-0.3, -0.25) is 86.3 Å². The fourth-order valence-electron chi connectivity index (χ4n) is 11.2. The summed E-state index contributed by atoms with van der Waals surface area (Å²) >= 11 is 5.50. The molecule has 0 bridgehead atoms. The highest BCUT2D eigenvalue weighted by Gasteiger charge is 2.35. The molecule has 44 nitrogen and oxygen atoms in total. The Morgan fingerprint density at radius 2 is 0.768 bits per heavy atom. The van der Waals surface area contributed by atoms with E-state index in [0.29, 0.717) is 22.9 Å². The third-order valence-corrected chi connectivity index (χ3v) is 16.9. The lowest BCUT2D eigenvalue weighted by Gasteiger charge is -2.28. The molecule has 0 aromatic heterocycles. The molecule has 8 amide bonds. The molecule has 0 unspecified atom stereocenters. The number of rotatable bonds is 48. The maximum atomic E-state index is 14.8. The number of phenols is 1. The molecular weight excluding hydrogens is 1480 g/mol. The number of guanidine groups is 7. The van der Waals surface area contributed by atoms with Gasteiger partial charge in [0, 0.05) is 93.1 Å². The topological polar surface area (TPSA) is 792 Å². The van der Waals surface area contributed by atoms with E-state index in [1.807, 2.05) is 0 Å². The summed E-state index contributed by atoms with van der Waals surface area (Å²) in [5.41, 5.74) is 45.7. The number of carbonyl (C=O) groups is 9. The van der Waals surface area contributed by atoms with Crippen LogP contribution < -0.4 is 136 Å². The maximum absolute atomic E-state index is 14.8. The third-order valence-electron chi connectivity index (χ3n) is 16.6. The average molecular weight is 1580 g/mol. The van der Waals surface area contributed by atoms with Crippen LogP contribution in [-0.2, 0) is 38.4 Å². The molecule has 1 heterocycles. The second kappa shape index (κ2) is 47.6. The van der Waals surface area contributed by atoms with E-state index < -0.39 is 125 Å². The molecule has 0 spiro atoms. The Balaban J connectivity index is 1.58. The van der Waals surface area contributed by atoms with Crippen molar-refractivity contribution in [3.05, 3.63) is 70.4 Å². The number of phenolic OH excluding ortho intramolecular Hbond substituents is 1. The van der Waals surface area contributed by atoms with Crippen molar-refractivity contribution in [3.8, 4) is 28.2 Å². The van der Waals surface area contributed by atoms with Gasteiger partial charge in [-0.25, -0.2) is 4.79 Å². The Labute approximate surface area is 648 Å². The minimum Gasteiger partial charge on any atom is -0.508 e. The van der Waals surface area contributed by atoms with Crippen LogP contribution in [0.3, 0.4) is 0 Å². The third kappa shape index (κ3) is 34.0. The first kappa shape index (κ1) is 91.3. The van der Waals surface area contributed by atoms with E-state index in [4.69, 9.17) is 100 Å². The summed E-state index contributed by atoms with van der Waals surface area (Å²) in [5, 5.41) is 117. The van der Waals surface area contributed by atoms with Crippen molar-refractivity contribution < 1.29 is 57.8 Å². The lowest BCUT2D eigenvalue weighted by molar-refractivity contribution is -0.136. The van der Waals surface area contributed by atoms with Gasteiger partial charge in [0.25, 0.3) is 0 Å². The molecule has 0 saturated carbocycles. The maximum Gasteiger partial charge on any atom is 0.336 e. The number of nitrogens with one attached hydrogen (secondary N) is 23. The summed E-state index contributed by atoms with van der Waals surface area (Å²) in [7, 11) is 0. The Kier molecular flexibility index (Phi) is 38.8. The fraction of sp³-hybridized carbons (Fsp3) is 0.463. The van der Waals surface area contributed by atoms with Crippen molar-refractivity contribution >= 4 is 129 Å². The number of benzene rings is 3. The number of thiocarbonyl (C=S) groups is 1.